The van der Waals surface area contributed by atoms with E-state index in [0.717, 1.165) is 16.8 Å². The van der Waals surface area contributed by atoms with E-state index >= 15 is 0 Å². The minimum atomic E-state index is -0.275. The first-order chi connectivity index (χ1) is 7.82. The molecule has 0 radical (unpaired) electrons. The molecule has 1 rings (SSSR count). The van der Waals surface area contributed by atoms with Crippen LogP contribution < -0.4 is 16.0 Å². The Morgan fingerprint density at radius 1 is 1.35 bits per heavy atom. The molecule has 0 spiro atoms. The van der Waals surface area contributed by atoms with E-state index in [1.54, 1.807) is 11.9 Å². The second-order valence-corrected chi connectivity index (χ2v) is 4.27. The van der Waals surface area contributed by atoms with Gasteiger partial charge in [-0.1, -0.05) is 17.7 Å². The summed E-state index contributed by atoms with van der Waals surface area (Å²) < 4.78 is 0. The number of benzene rings is 1. The highest BCUT2D eigenvalue weighted by atomic mass is 35.5. The van der Waals surface area contributed by atoms with Crippen molar-refractivity contribution in [3.63, 3.8) is 0 Å². The van der Waals surface area contributed by atoms with Gasteiger partial charge < -0.3 is 10.6 Å². The van der Waals surface area contributed by atoms with Crippen LogP contribution in [0.15, 0.2) is 12.1 Å². The monoisotopic (exact) mass is 253 g/mol. The van der Waals surface area contributed by atoms with Gasteiger partial charge in [0.25, 0.3) is 0 Å². The van der Waals surface area contributed by atoms with Crippen LogP contribution in [-0.2, 0) is 0 Å². The lowest BCUT2D eigenvalue weighted by atomic mass is 10.1. The van der Waals surface area contributed by atoms with Gasteiger partial charge in [-0.25, -0.2) is 0 Å². The summed E-state index contributed by atoms with van der Waals surface area (Å²) in [5.74, 6) is -0.269. The van der Waals surface area contributed by atoms with E-state index in [-0.39, 0.29) is 11.9 Å². The number of nitrogens with two attached hydrogens (primary N) is 1. The first-order valence-electron chi connectivity index (χ1n) is 5.03. The minimum absolute atomic E-state index is 0.00588. The summed E-state index contributed by atoms with van der Waals surface area (Å²) in [5, 5.41) is 17.8. The molecule has 0 heterocycles. The Bertz CT molecular complexity index is 446. The third-order valence-corrected chi connectivity index (χ3v) is 2.61. The maximum absolute atomic E-state index is 7.74. The largest absolute Gasteiger partial charge is 0.370 e. The number of nitrogens with zero attached hydrogens (tertiary/aromatic N) is 1. The van der Waals surface area contributed by atoms with Crippen molar-refractivity contribution in [3.05, 3.63) is 28.3 Å². The molecule has 92 valence electrons. The summed E-state index contributed by atoms with van der Waals surface area (Å²) in [6.45, 7) is 3.88. The van der Waals surface area contributed by atoms with Crippen LogP contribution in [0.1, 0.15) is 11.1 Å². The highest BCUT2D eigenvalue weighted by molar-refractivity contribution is 6.34. The molecule has 0 amide bonds. The van der Waals surface area contributed by atoms with Crippen molar-refractivity contribution >= 4 is 29.2 Å². The molecule has 0 fully saturated rings. The van der Waals surface area contributed by atoms with Gasteiger partial charge >= 0.3 is 0 Å². The van der Waals surface area contributed by atoms with Gasteiger partial charge in [-0.2, -0.15) is 0 Å². The van der Waals surface area contributed by atoms with Crippen molar-refractivity contribution < 1.29 is 0 Å². The normalized spacial score (nSPS) is 9.88. The fourth-order valence-corrected chi connectivity index (χ4v) is 2.10. The van der Waals surface area contributed by atoms with Gasteiger partial charge in [0, 0.05) is 7.05 Å². The van der Waals surface area contributed by atoms with E-state index in [2.05, 4.69) is 5.32 Å². The van der Waals surface area contributed by atoms with Gasteiger partial charge in [0.1, 0.15) is 0 Å². The molecule has 17 heavy (non-hydrogen) atoms. The number of rotatable bonds is 1. The maximum atomic E-state index is 7.74. The molecule has 0 aliphatic rings. The van der Waals surface area contributed by atoms with Crippen LogP contribution >= 0.6 is 11.6 Å². The van der Waals surface area contributed by atoms with Crippen LogP contribution in [-0.4, -0.2) is 19.0 Å². The van der Waals surface area contributed by atoms with Crippen molar-refractivity contribution in [1.29, 1.82) is 10.8 Å². The highest BCUT2D eigenvalue weighted by Gasteiger charge is 2.14. The highest BCUT2D eigenvalue weighted by Crippen LogP contribution is 2.30. The molecule has 0 aliphatic heterocycles. The average molecular weight is 254 g/mol. The Morgan fingerprint density at radius 3 is 2.41 bits per heavy atom. The van der Waals surface area contributed by atoms with Crippen molar-refractivity contribution in [3.8, 4) is 0 Å². The van der Waals surface area contributed by atoms with E-state index in [1.807, 2.05) is 26.0 Å². The Hall–Kier alpha value is -1.75. The van der Waals surface area contributed by atoms with E-state index in [0.29, 0.717) is 5.02 Å². The number of halogens is 1. The van der Waals surface area contributed by atoms with E-state index < -0.39 is 0 Å². The van der Waals surface area contributed by atoms with E-state index in [9.17, 15) is 0 Å². The van der Waals surface area contributed by atoms with Gasteiger partial charge in [0.2, 0.25) is 5.96 Å². The predicted octanol–water partition coefficient (Wildman–Crippen LogP) is 1.81. The Morgan fingerprint density at radius 2 is 1.94 bits per heavy atom. The molecule has 5 nitrogen and oxygen atoms in total. The quantitative estimate of drug-likeness (QED) is 0.455. The topological polar surface area (TPSA) is 89.0 Å². The Balaban J connectivity index is 3.08. The van der Waals surface area contributed by atoms with Crippen LogP contribution in [0, 0.1) is 24.7 Å². The fourth-order valence-electron chi connectivity index (χ4n) is 1.66. The summed E-state index contributed by atoms with van der Waals surface area (Å²) in [5.41, 5.74) is 7.94. The van der Waals surface area contributed by atoms with Gasteiger partial charge in [0.15, 0.2) is 5.96 Å². The maximum Gasteiger partial charge on any atom is 0.202 e. The Kier molecular flexibility index (Phi) is 3.96. The molecule has 1 aromatic carbocycles. The molecule has 0 aliphatic carbocycles. The van der Waals surface area contributed by atoms with Crippen molar-refractivity contribution in [1.82, 2.24) is 5.32 Å². The van der Waals surface area contributed by atoms with Crippen LogP contribution in [0.2, 0.25) is 5.02 Å². The summed E-state index contributed by atoms with van der Waals surface area (Å²) in [6.07, 6.45) is 0. The summed E-state index contributed by atoms with van der Waals surface area (Å²) in [4.78, 5) is 1.55. The molecule has 0 atom stereocenters. The van der Waals surface area contributed by atoms with Crippen molar-refractivity contribution in [2.75, 3.05) is 11.9 Å². The molecular weight excluding hydrogens is 238 g/mol. The number of aryl methyl sites for hydroxylation is 2. The van der Waals surface area contributed by atoms with Gasteiger partial charge in [-0.15, -0.1) is 0 Å². The standard InChI is InChI=1S/C11H16ClN5/c1-6-4-7(2)9(8(12)5-6)17(3)11(15)16-10(13)14/h4-5H,1-3H3,(H5,13,14,15,16). The van der Waals surface area contributed by atoms with Crippen molar-refractivity contribution in [2.45, 2.75) is 13.8 Å². The molecule has 6 heteroatoms. The SMILES string of the molecule is Cc1cc(C)c(N(C)C(=N)NC(=N)N)c(Cl)c1. The average Bonchev–Trinajstić information content (AvgIpc) is 2.14. The van der Waals surface area contributed by atoms with E-state index in [4.69, 9.17) is 28.2 Å². The Labute approximate surface area is 106 Å². The van der Waals surface area contributed by atoms with Crippen LogP contribution in [0.3, 0.4) is 0 Å². The minimum Gasteiger partial charge on any atom is -0.370 e. The number of hydrogen-bond donors (Lipinski definition) is 4. The summed E-state index contributed by atoms with van der Waals surface area (Å²) in [6, 6.07) is 3.82. The van der Waals surface area contributed by atoms with Gasteiger partial charge in [-0.05, 0) is 31.0 Å². The zero-order valence-corrected chi connectivity index (χ0v) is 10.8. The van der Waals surface area contributed by atoms with Crippen LogP contribution in [0.4, 0.5) is 5.69 Å². The zero-order chi connectivity index (χ0) is 13.2. The lowest BCUT2D eigenvalue weighted by molar-refractivity contribution is 1.10. The van der Waals surface area contributed by atoms with Crippen molar-refractivity contribution in [2.24, 2.45) is 5.73 Å². The third kappa shape index (κ3) is 3.10. The first-order valence-corrected chi connectivity index (χ1v) is 5.40. The lowest BCUT2D eigenvalue weighted by Gasteiger charge is -2.23. The fraction of sp³-hybridized carbons (Fsp3) is 0.273. The predicted molar refractivity (Wildman–Crippen MR) is 72.1 cm³/mol. The second kappa shape index (κ2) is 5.05. The zero-order valence-electron chi connectivity index (χ0n) is 10.1. The summed E-state index contributed by atoms with van der Waals surface area (Å²) in [7, 11) is 1.70. The van der Waals surface area contributed by atoms with Gasteiger partial charge in [0.05, 0.1) is 10.7 Å². The number of nitrogens with one attached hydrogen (secondary N) is 3. The molecular formula is C11H16ClN5. The third-order valence-electron chi connectivity index (χ3n) is 2.32. The molecule has 0 bridgehead atoms. The molecule has 1 aromatic rings. The molecule has 5 N–H and O–H groups in total. The lowest BCUT2D eigenvalue weighted by Crippen LogP contribution is -2.44. The molecule has 0 saturated heterocycles. The second-order valence-electron chi connectivity index (χ2n) is 3.86. The summed E-state index contributed by atoms with van der Waals surface area (Å²) >= 11 is 6.16. The smallest absolute Gasteiger partial charge is 0.202 e. The van der Waals surface area contributed by atoms with Gasteiger partial charge in [-0.3, -0.25) is 16.1 Å². The molecule has 0 unspecified atom stereocenters. The van der Waals surface area contributed by atoms with Crippen LogP contribution in [0.25, 0.3) is 0 Å². The van der Waals surface area contributed by atoms with E-state index in [1.165, 1.54) is 0 Å². The first kappa shape index (κ1) is 13.3. The van der Waals surface area contributed by atoms with Crippen LogP contribution in [0.5, 0.6) is 0 Å². The molecule has 0 aromatic heterocycles. The number of anilines is 1. The molecule has 0 saturated carbocycles. The number of guanidine groups is 2. The number of hydrogen-bond acceptors (Lipinski definition) is 2.